The van der Waals surface area contributed by atoms with Gasteiger partial charge < -0.3 is 9.84 Å². The highest BCUT2D eigenvalue weighted by atomic mass is 35.5. The van der Waals surface area contributed by atoms with Crippen molar-refractivity contribution >= 4 is 34.5 Å². The number of hydrazone groups is 1. The summed E-state index contributed by atoms with van der Waals surface area (Å²) in [5.74, 6) is 2.60. The Bertz CT molecular complexity index is 1070. The number of terminal acetylenes is 1. The normalized spacial score (nSPS) is 10.7. The number of hydrogen-bond acceptors (Lipinski definition) is 4. The molecule has 0 fully saturated rings. The maximum absolute atomic E-state index is 12.1. The highest BCUT2D eigenvalue weighted by Gasteiger charge is 2.08. The zero-order chi connectivity index (χ0) is 19.2. The highest BCUT2D eigenvalue weighted by molar-refractivity contribution is 6.32. The fourth-order valence-corrected chi connectivity index (χ4v) is 2.71. The molecule has 0 spiro atoms. The summed E-state index contributed by atoms with van der Waals surface area (Å²) < 4.78 is 5.56. The van der Waals surface area contributed by atoms with Crippen molar-refractivity contribution in [2.75, 3.05) is 6.61 Å². The number of fused-ring (bicyclic) bond motifs is 1. The van der Waals surface area contributed by atoms with E-state index in [-0.39, 0.29) is 22.9 Å². The van der Waals surface area contributed by atoms with Crippen LogP contribution in [0.2, 0.25) is 5.02 Å². The fourth-order valence-electron chi connectivity index (χ4n) is 2.53. The van der Waals surface area contributed by atoms with Gasteiger partial charge in [0.15, 0.2) is 0 Å². The summed E-state index contributed by atoms with van der Waals surface area (Å²) in [6.07, 6.45) is 6.80. The Balaban J connectivity index is 1.81. The number of phenols is 1. The molecule has 3 aromatic rings. The molecular weight excluding hydrogens is 364 g/mol. The number of halogens is 1. The van der Waals surface area contributed by atoms with Crippen molar-refractivity contribution in [1.29, 1.82) is 0 Å². The van der Waals surface area contributed by atoms with Gasteiger partial charge in [-0.25, -0.2) is 5.43 Å². The summed E-state index contributed by atoms with van der Waals surface area (Å²) in [6.45, 7) is 0.183. The molecule has 134 valence electrons. The average Bonchev–Trinajstić information content (AvgIpc) is 2.69. The molecule has 0 aliphatic heterocycles. The van der Waals surface area contributed by atoms with E-state index in [1.165, 1.54) is 18.2 Å². The van der Waals surface area contributed by atoms with Crippen molar-refractivity contribution in [3.63, 3.8) is 0 Å². The van der Waals surface area contributed by atoms with Crippen LogP contribution < -0.4 is 10.2 Å². The van der Waals surface area contributed by atoms with Gasteiger partial charge in [0.05, 0.1) is 11.2 Å². The van der Waals surface area contributed by atoms with Crippen LogP contribution in [0.15, 0.2) is 59.7 Å². The Kier molecular flexibility index (Phi) is 5.60. The summed E-state index contributed by atoms with van der Waals surface area (Å²) in [4.78, 5) is 12.1. The monoisotopic (exact) mass is 378 g/mol. The van der Waals surface area contributed by atoms with Gasteiger partial charge in [-0.05, 0) is 35.7 Å². The largest absolute Gasteiger partial charge is 0.506 e. The Labute approximate surface area is 161 Å². The number of amides is 1. The highest BCUT2D eigenvalue weighted by Crippen LogP contribution is 2.28. The third-order valence-corrected chi connectivity index (χ3v) is 4.11. The number of nitrogens with one attached hydrogen (secondary N) is 1. The maximum Gasteiger partial charge on any atom is 0.271 e. The van der Waals surface area contributed by atoms with Crippen LogP contribution in [-0.4, -0.2) is 23.8 Å². The number of aromatic hydroxyl groups is 1. The molecule has 0 heterocycles. The first-order chi connectivity index (χ1) is 13.1. The van der Waals surface area contributed by atoms with Gasteiger partial charge in [-0.3, -0.25) is 4.79 Å². The van der Waals surface area contributed by atoms with Gasteiger partial charge in [0.1, 0.15) is 18.1 Å². The summed E-state index contributed by atoms with van der Waals surface area (Å²) in [6, 6.07) is 15.5. The molecule has 6 heteroatoms. The van der Waals surface area contributed by atoms with Crippen molar-refractivity contribution in [2.45, 2.75) is 0 Å². The average molecular weight is 379 g/mol. The van der Waals surface area contributed by atoms with Crippen LogP contribution in [0.1, 0.15) is 15.9 Å². The minimum Gasteiger partial charge on any atom is -0.506 e. The topological polar surface area (TPSA) is 70.9 Å². The number of carbonyl (C=O) groups excluding carboxylic acids is 1. The molecule has 0 bridgehead atoms. The Morgan fingerprint density at radius 2 is 2.00 bits per heavy atom. The van der Waals surface area contributed by atoms with Gasteiger partial charge in [0.2, 0.25) is 0 Å². The van der Waals surface area contributed by atoms with Gasteiger partial charge in [0, 0.05) is 16.5 Å². The molecule has 0 unspecified atom stereocenters. The zero-order valence-corrected chi connectivity index (χ0v) is 14.9. The van der Waals surface area contributed by atoms with E-state index < -0.39 is 5.91 Å². The lowest BCUT2D eigenvalue weighted by molar-refractivity contribution is 0.0955. The van der Waals surface area contributed by atoms with Crippen LogP contribution in [-0.2, 0) is 0 Å². The van der Waals surface area contributed by atoms with E-state index in [1.807, 2.05) is 36.4 Å². The van der Waals surface area contributed by atoms with E-state index >= 15 is 0 Å². The van der Waals surface area contributed by atoms with E-state index in [9.17, 15) is 9.90 Å². The van der Waals surface area contributed by atoms with Crippen LogP contribution in [0.4, 0.5) is 0 Å². The number of nitrogens with zero attached hydrogens (tertiary/aromatic N) is 1. The standard InChI is InChI=1S/C21H15ClN2O3/c1-2-11-27-20-10-8-15(16-5-3-4-6-17(16)20)13-23-24-21(26)14-7-9-19(25)18(22)12-14/h1,3-10,12-13,25H,11H2,(H,24,26)/b23-13+. The van der Waals surface area contributed by atoms with Crippen molar-refractivity contribution in [3.05, 3.63) is 70.7 Å². The molecule has 0 aliphatic carbocycles. The third kappa shape index (κ3) is 4.20. The lowest BCUT2D eigenvalue weighted by atomic mass is 10.0. The first-order valence-electron chi connectivity index (χ1n) is 8.00. The Morgan fingerprint density at radius 3 is 2.74 bits per heavy atom. The second-order valence-electron chi connectivity index (χ2n) is 5.56. The predicted molar refractivity (Wildman–Crippen MR) is 106 cm³/mol. The van der Waals surface area contributed by atoms with Gasteiger partial charge >= 0.3 is 0 Å². The molecular formula is C21H15ClN2O3. The first kappa shape index (κ1) is 18.3. The maximum atomic E-state index is 12.1. The predicted octanol–water partition coefficient (Wildman–Crippen LogP) is 3.97. The Morgan fingerprint density at radius 1 is 1.22 bits per heavy atom. The second-order valence-corrected chi connectivity index (χ2v) is 5.96. The lowest BCUT2D eigenvalue weighted by Gasteiger charge is -2.09. The molecule has 5 nitrogen and oxygen atoms in total. The molecule has 3 aromatic carbocycles. The molecule has 0 saturated heterocycles. The van der Waals surface area contributed by atoms with Gasteiger partial charge in [-0.15, -0.1) is 6.42 Å². The van der Waals surface area contributed by atoms with Gasteiger partial charge in [-0.2, -0.15) is 5.10 Å². The minimum atomic E-state index is -0.438. The number of carbonyl (C=O) groups is 1. The smallest absolute Gasteiger partial charge is 0.271 e. The number of rotatable bonds is 5. The first-order valence-corrected chi connectivity index (χ1v) is 8.38. The number of ether oxygens (including phenoxy) is 1. The van der Waals surface area contributed by atoms with E-state index in [0.717, 1.165) is 16.3 Å². The van der Waals surface area contributed by atoms with Crippen LogP contribution in [0.25, 0.3) is 10.8 Å². The van der Waals surface area contributed by atoms with Gasteiger partial charge in [0.25, 0.3) is 5.91 Å². The molecule has 0 saturated carbocycles. The van der Waals surface area contributed by atoms with Crippen molar-refractivity contribution in [1.82, 2.24) is 5.43 Å². The van der Waals surface area contributed by atoms with Crippen LogP contribution in [0, 0.1) is 12.3 Å². The van der Waals surface area contributed by atoms with Crippen LogP contribution in [0.5, 0.6) is 11.5 Å². The van der Waals surface area contributed by atoms with Crippen molar-refractivity contribution < 1.29 is 14.6 Å². The molecule has 0 radical (unpaired) electrons. The van der Waals surface area contributed by atoms with E-state index in [1.54, 1.807) is 6.21 Å². The molecule has 3 rings (SSSR count). The molecule has 0 aromatic heterocycles. The van der Waals surface area contributed by atoms with E-state index in [4.69, 9.17) is 22.8 Å². The summed E-state index contributed by atoms with van der Waals surface area (Å²) >= 11 is 5.81. The molecule has 27 heavy (non-hydrogen) atoms. The number of phenolic OH excluding ortho intramolecular Hbond substituents is 1. The second kappa shape index (κ2) is 8.26. The SMILES string of the molecule is C#CCOc1ccc(/C=N/NC(=O)c2ccc(O)c(Cl)c2)c2ccccc12. The summed E-state index contributed by atoms with van der Waals surface area (Å²) in [5.41, 5.74) is 3.54. The molecule has 1 amide bonds. The van der Waals surface area contributed by atoms with Crippen molar-refractivity contribution in [2.24, 2.45) is 5.10 Å². The zero-order valence-electron chi connectivity index (χ0n) is 14.1. The molecule has 0 aliphatic rings. The third-order valence-electron chi connectivity index (χ3n) is 3.81. The van der Waals surface area contributed by atoms with Crippen LogP contribution in [0.3, 0.4) is 0 Å². The fraction of sp³-hybridized carbons (Fsp3) is 0.0476. The van der Waals surface area contributed by atoms with E-state index in [0.29, 0.717) is 5.75 Å². The quantitative estimate of drug-likeness (QED) is 0.401. The Hall–Kier alpha value is -3.49. The number of hydrogen-bond donors (Lipinski definition) is 2. The summed E-state index contributed by atoms with van der Waals surface area (Å²) in [7, 11) is 0. The van der Waals surface area contributed by atoms with Crippen LogP contribution >= 0.6 is 11.6 Å². The van der Waals surface area contributed by atoms with E-state index in [2.05, 4.69) is 16.4 Å². The molecule has 0 atom stereocenters. The van der Waals surface area contributed by atoms with Gasteiger partial charge in [-0.1, -0.05) is 41.8 Å². The molecule has 2 N–H and O–H groups in total. The van der Waals surface area contributed by atoms with Crippen molar-refractivity contribution in [3.8, 4) is 23.8 Å². The minimum absolute atomic E-state index is 0.0877. The lowest BCUT2D eigenvalue weighted by Crippen LogP contribution is -2.17. The summed E-state index contributed by atoms with van der Waals surface area (Å²) in [5, 5.41) is 15.3. The number of benzene rings is 3.